The van der Waals surface area contributed by atoms with Crippen LogP contribution in [0.15, 0.2) is 18.2 Å². The van der Waals surface area contributed by atoms with Crippen LogP contribution in [0.2, 0.25) is 0 Å². The standard InChI is InChI=1S/C18H28N2O/c1-12(2)18(21)19-17-9-16(10-20(5)11-17)15-7-6-13(3)14(4)8-15/h6-8,12,16-17H,9-11H2,1-5H3,(H,19,21). The number of benzene rings is 1. The van der Waals surface area contributed by atoms with E-state index in [0.717, 1.165) is 19.5 Å². The van der Waals surface area contributed by atoms with Gasteiger partial charge in [0, 0.05) is 25.0 Å². The van der Waals surface area contributed by atoms with E-state index in [0.29, 0.717) is 5.92 Å². The minimum absolute atomic E-state index is 0.0531. The van der Waals surface area contributed by atoms with Gasteiger partial charge >= 0.3 is 0 Å². The van der Waals surface area contributed by atoms with Gasteiger partial charge in [0.1, 0.15) is 0 Å². The van der Waals surface area contributed by atoms with Crippen LogP contribution in [0, 0.1) is 19.8 Å². The molecule has 1 heterocycles. The van der Waals surface area contributed by atoms with Gasteiger partial charge in [0.05, 0.1) is 0 Å². The summed E-state index contributed by atoms with van der Waals surface area (Å²) in [6.07, 6.45) is 1.03. The van der Waals surface area contributed by atoms with Crippen molar-refractivity contribution in [2.24, 2.45) is 5.92 Å². The van der Waals surface area contributed by atoms with Crippen LogP contribution in [-0.2, 0) is 4.79 Å². The summed E-state index contributed by atoms with van der Waals surface area (Å²) in [6.45, 7) is 10.2. The number of aryl methyl sites for hydroxylation is 2. The van der Waals surface area contributed by atoms with E-state index in [1.54, 1.807) is 0 Å². The van der Waals surface area contributed by atoms with Crippen LogP contribution in [0.3, 0.4) is 0 Å². The zero-order valence-corrected chi connectivity index (χ0v) is 13.9. The van der Waals surface area contributed by atoms with Crippen molar-refractivity contribution < 1.29 is 4.79 Å². The Bertz CT molecular complexity index is 510. The van der Waals surface area contributed by atoms with Gasteiger partial charge < -0.3 is 10.2 Å². The van der Waals surface area contributed by atoms with Gasteiger partial charge in [-0.3, -0.25) is 4.79 Å². The van der Waals surface area contributed by atoms with E-state index < -0.39 is 0 Å². The van der Waals surface area contributed by atoms with E-state index in [1.807, 2.05) is 13.8 Å². The first-order valence-electron chi connectivity index (χ1n) is 7.93. The number of likely N-dealkylation sites (N-methyl/N-ethyl adjacent to an activating group) is 1. The Morgan fingerprint density at radius 3 is 2.57 bits per heavy atom. The molecule has 0 spiro atoms. The minimum atomic E-state index is 0.0531. The van der Waals surface area contributed by atoms with E-state index in [9.17, 15) is 4.79 Å². The molecule has 3 nitrogen and oxygen atoms in total. The maximum Gasteiger partial charge on any atom is 0.222 e. The quantitative estimate of drug-likeness (QED) is 0.927. The van der Waals surface area contributed by atoms with Crippen LogP contribution in [0.25, 0.3) is 0 Å². The summed E-state index contributed by atoms with van der Waals surface area (Å²) in [5, 5.41) is 3.19. The van der Waals surface area contributed by atoms with Crippen LogP contribution in [0.4, 0.5) is 0 Å². The van der Waals surface area contributed by atoms with E-state index in [-0.39, 0.29) is 17.9 Å². The number of amides is 1. The molecule has 2 unspecified atom stereocenters. The third-order valence-electron chi connectivity index (χ3n) is 4.51. The average Bonchev–Trinajstić information content (AvgIpc) is 2.41. The molecule has 0 aliphatic carbocycles. The fourth-order valence-electron chi connectivity index (χ4n) is 3.05. The monoisotopic (exact) mass is 288 g/mol. The number of likely N-dealkylation sites (tertiary alicyclic amines) is 1. The first-order chi connectivity index (χ1) is 9.86. The molecule has 0 saturated carbocycles. The number of nitrogens with zero attached hydrogens (tertiary/aromatic N) is 1. The van der Waals surface area contributed by atoms with Crippen molar-refractivity contribution in [1.29, 1.82) is 0 Å². The lowest BCUT2D eigenvalue weighted by Gasteiger charge is -2.36. The fourth-order valence-corrected chi connectivity index (χ4v) is 3.05. The maximum absolute atomic E-state index is 11.9. The van der Waals surface area contributed by atoms with Crippen LogP contribution in [0.5, 0.6) is 0 Å². The lowest BCUT2D eigenvalue weighted by atomic mass is 9.87. The lowest BCUT2D eigenvalue weighted by molar-refractivity contribution is -0.125. The molecule has 116 valence electrons. The summed E-state index contributed by atoms with van der Waals surface area (Å²) in [7, 11) is 2.14. The van der Waals surface area contributed by atoms with Crippen molar-refractivity contribution in [3.8, 4) is 0 Å². The van der Waals surface area contributed by atoms with E-state index in [4.69, 9.17) is 0 Å². The Morgan fingerprint density at radius 1 is 1.24 bits per heavy atom. The predicted octanol–water partition coefficient (Wildman–Crippen LogP) is 2.86. The van der Waals surface area contributed by atoms with E-state index in [1.165, 1.54) is 16.7 Å². The molecular formula is C18H28N2O. The number of hydrogen-bond acceptors (Lipinski definition) is 2. The van der Waals surface area contributed by atoms with E-state index in [2.05, 4.69) is 49.3 Å². The Morgan fingerprint density at radius 2 is 1.95 bits per heavy atom. The number of rotatable bonds is 3. The number of hydrogen-bond donors (Lipinski definition) is 1. The highest BCUT2D eigenvalue weighted by Crippen LogP contribution is 2.28. The van der Waals surface area contributed by atoms with Gasteiger partial charge in [-0.15, -0.1) is 0 Å². The molecule has 1 fully saturated rings. The molecule has 21 heavy (non-hydrogen) atoms. The number of carbonyl (C=O) groups excluding carboxylic acids is 1. The van der Waals surface area contributed by atoms with Crippen molar-refractivity contribution in [2.45, 2.75) is 46.1 Å². The molecule has 2 atom stereocenters. The SMILES string of the molecule is Cc1ccc(C2CC(NC(=O)C(C)C)CN(C)C2)cc1C. The summed E-state index contributed by atoms with van der Waals surface area (Å²) in [4.78, 5) is 14.3. The molecule has 0 radical (unpaired) electrons. The highest BCUT2D eigenvalue weighted by molar-refractivity contribution is 5.78. The second-order valence-corrected chi connectivity index (χ2v) is 6.86. The van der Waals surface area contributed by atoms with Crippen molar-refractivity contribution in [2.75, 3.05) is 20.1 Å². The molecule has 1 N–H and O–H groups in total. The van der Waals surface area contributed by atoms with Gasteiger partial charge in [0.15, 0.2) is 0 Å². The van der Waals surface area contributed by atoms with Gasteiger partial charge in [-0.05, 0) is 49.9 Å². The Labute approximate surface area is 128 Å². The van der Waals surface area contributed by atoms with Crippen LogP contribution < -0.4 is 5.32 Å². The van der Waals surface area contributed by atoms with Gasteiger partial charge in [-0.1, -0.05) is 32.0 Å². The van der Waals surface area contributed by atoms with Crippen molar-refractivity contribution in [3.05, 3.63) is 34.9 Å². The summed E-state index contributed by atoms with van der Waals surface area (Å²) < 4.78 is 0. The maximum atomic E-state index is 11.9. The highest BCUT2D eigenvalue weighted by Gasteiger charge is 2.27. The second kappa shape index (κ2) is 6.61. The number of carbonyl (C=O) groups is 1. The molecule has 0 bridgehead atoms. The van der Waals surface area contributed by atoms with Gasteiger partial charge in [0.25, 0.3) is 0 Å². The molecule has 1 aliphatic rings. The zero-order chi connectivity index (χ0) is 15.6. The van der Waals surface area contributed by atoms with Crippen LogP contribution in [0.1, 0.15) is 42.9 Å². The zero-order valence-electron chi connectivity index (χ0n) is 13.9. The Balaban J connectivity index is 2.09. The molecule has 1 aromatic rings. The molecule has 1 aliphatic heterocycles. The highest BCUT2D eigenvalue weighted by atomic mass is 16.1. The molecule has 1 saturated heterocycles. The van der Waals surface area contributed by atoms with Crippen LogP contribution >= 0.6 is 0 Å². The van der Waals surface area contributed by atoms with Crippen molar-refractivity contribution in [3.63, 3.8) is 0 Å². The summed E-state index contributed by atoms with van der Waals surface area (Å²) in [5.74, 6) is 0.715. The van der Waals surface area contributed by atoms with Crippen molar-refractivity contribution >= 4 is 5.91 Å². The molecular weight excluding hydrogens is 260 g/mol. The summed E-state index contributed by atoms with van der Waals surface area (Å²) >= 11 is 0. The van der Waals surface area contributed by atoms with Crippen LogP contribution in [-0.4, -0.2) is 37.0 Å². The molecule has 2 rings (SSSR count). The second-order valence-electron chi connectivity index (χ2n) is 6.86. The van der Waals surface area contributed by atoms with Gasteiger partial charge in [-0.25, -0.2) is 0 Å². The average molecular weight is 288 g/mol. The third kappa shape index (κ3) is 4.07. The molecule has 1 amide bonds. The minimum Gasteiger partial charge on any atom is -0.352 e. The first-order valence-corrected chi connectivity index (χ1v) is 7.93. The van der Waals surface area contributed by atoms with Gasteiger partial charge in [0.2, 0.25) is 5.91 Å². The summed E-state index contributed by atoms with van der Waals surface area (Å²) in [5.41, 5.74) is 4.09. The predicted molar refractivity (Wildman–Crippen MR) is 87.5 cm³/mol. The number of nitrogens with one attached hydrogen (secondary N) is 1. The lowest BCUT2D eigenvalue weighted by Crippen LogP contribution is -2.49. The van der Waals surface area contributed by atoms with Crippen molar-refractivity contribution in [1.82, 2.24) is 10.2 Å². The summed E-state index contributed by atoms with van der Waals surface area (Å²) in [6, 6.07) is 7.01. The largest absolute Gasteiger partial charge is 0.352 e. The normalized spacial score (nSPS) is 23.3. The molecule has 3 heteroatoms. The smallest absolute Gasteiger partial charge is 0.222 e. The Kier molecular flexibility index (Phi) is 5.04. The van der Waals surface area contributed by atoms with Gasteiger partial charge in [-0.2, -0.15) is 0 Å². The van der Waals surface area contributed by atoms with E-state index >= 15 is 0 Å². The number of piperidine rings is 1. The molecule has 0 aromatic heterocycles. The molecule has 1 aromatic carbocycles. The Hall–Kier alpha value is -1.35. The fraction of sp³-hybridized carbons (Fsp3) is 0.611. The topological polar surface area (TPSA) is 32.3 Å². The third-order valence-corrected chi connectivity index (χ3v) is 4.51. The first kappa shape index (κ1) is 16.0.